The third kappa shape index (κ3) is 4.44. The highest BCUT2D eigenvalue weighted by atomic mass is 32.2. The second kappa shape index (κ2) is 6.44. The summed E-state index contributed by atoms with van der Waals surface area (Å²) in [5, 5.41) is 4.99. The second-order valence-electron chi connectivity index (χ2n) is 5.36. The maximum Gasteiger partial charge on any atom is 0.380 e. The van der Waals surface area contributed by atoms with Gasteiger partial charge >= 0.3 is 16.3 Å². The molecule has 0 aliphatic carbocycles. The Hall–Kier alpha value is -1.60. The van der Waals surface area contributed by atoms with E-state index in [0.717, 1.165) is 0 Å². The first-order valence-corrected chi connectivity index (χ1v) is 8.02. The molecule has 1 aromatic carbocycles. The fraction of sp³-hybridized carbons (Fsp3) is 0.500. The first-order valence-electron chi connectivity index (χ1n) is 6.55. The summed E-state index contributed by atoms with van der Waals surface area (Å²) in [5.41, 5.74) is 1.54. The van der Waals surface area contributed by atoms with E-state index in [0.29, 0.717) is 16.7 Å². The molecule has 0 amide bonds. The van der Waals surface area contributed by atoms with Crippen LogP contribution in [0.4, 0.5) is 0 Å². The van der Waals surface area contributed by atoms with E-state index in [1.807, 2.05) is 27.7 Å². The molecule has 0 aliphatic rings. The van der Waals surface area contributed by atoms with Crippen molar-refractivity contribution in [3.8, 4) is 5.75 Å². The zero-order valence-corrected chi connectivity index (χ0v) is 13.7. The summed E-state index contributed by atoms with van der Waals surface area (Å²) < 4.78 is 32.3. The van der Waals surface area contributed by atoms with E-state index in [1.165, 1.54) is 7.11 Å². The average molecular weight is 315 g/mol. The Morgan fingerprint density at radius 2 is 1.52 bits per heavy atom. The maximum absolute atomic E-state index is 11.8. The van der Waals surface area contributed by atoms with Crippen molar-refractivity contribution >= 4 is 16.3 Å². The minimum Gasteiger partial charge on any atom is -0.465 e. The summed E-state index contributed by atoms with van der Waals surface area (Å²) in [5.74, 6) is -0.399. The Balaban J connectivity index is 3.62. The molecule has 6 nitrogen and oxygen atoms in total. The summed E-state index contributed by atoms with van der Waals surface area (Å²) in [4.78, 5) is 11.8. The summed E-state index contributed by atoms with van der Waals surface area (Å²) >= 11 is 0. The Morgan fingerprint density at radius 3 is 1.81 bits per heavy atom. The van der Waals surface area contributed by atoms with Crippen LogP contribution in [0.15, 0.2) is 12.1 Å². The van der Waals surface area contributed by atoms with Gasteiger partial charge in [0.2, 0.25) is 0 Å². The lowest BCUT2D eigenvalue weighted by molar-refractivity contribution is 0.0600. The molecule has 2 N–H and O–H groups in total. The lowest BCUT2D eigenvalue weighted by Gasteiger charge is -2.19. The van der Waals surface area contributed by atoms with Gasteiger partial charge in [0.05, 0.1) is 12.7 Å². The highest BCUT2D eigenvalue weighted by Crippen LogP contribution is 2.36. The van der Waals surface area contributed by atoms with Crippen LogP contribution < -0.4 is 9.32 Å². The van der Waals surface area contributed by atoms with E-state index in [9.17, 15) is 13.2 Å². The number of benzene rings is 1. The molecule has 7 heteroatoms. The van der Waals surface area contributed by atoms with Crippen LogP contribution in [0.3, 0.4) is 0 Å². The Labute approximate surface area is 125 Å². The lowest BCUT2D eigenvalue weighted by Crippen LogP contribution is -2.21. The number of carbonyl (C=O) groups excluding carboxylic acids is 1. The van der Waals surface area contributed by atoms with Gasteiger partial charge in [-0.3, -0.25) is 0 Å². The number of rotatable bonds is 5. The minimum atomic E-state index is -4.14. The molecule has 0 aromatic heterocycles. The molecule has 0 bridgehead atoms. The van der Waals surface area contributed by atoms with Crippen LogP contribution in [0, 0.1) is 0 Å². The van der Waals surface area contributed by atoms with Crippen LogP contribution in [-0.2, 0) is 15.0 Å². The predicted octanol–water partition coefficient (Wildman–Crippen LogP) is 2.30. The van der Waals surface area contributed by atoms with Crippen LogP contribution in [0.25, 0.3) is 0 Å². The molecule has 0 saturated carbocycles. The van der Waals surface area contributed by atoms with Crippen molar-refractivity contribution in [2.24, 2.45) is 5.14 Å². The number of ether oxygens (including phenoxy) is 1. The van der Waals surface area contributed by atoms with Crippen molar-refractivity contribution in [3.63, 3.8) is 0 Å². The van der Waals surface area contributed by atoms with E-state index in [1.54, 1.807) is 12.1 Å². The number of nitrogens with two attached hydrogens (primary N) is 1. The van der Waals surface area contributed by atoms with Crippen molar-refractivity contribution in [2.75, 3.05) is 7.11 Å². The van der Waals surface area contributed by atoms with Gasteiger partial charge in [-0.15, -0.1) is 0 Å². The molecular formula is C14H21NO5S. The third-order valence-electron chi connectivity index (χ3n) is 3.01. The molecule has 0 spiro atoms. The van der Waals surface area contributed by atoms with Gasteiger partial charge in [-0.05, 0) is 35.1 Å². The van der Waals surface area contributed by atoms with Gasteiger partial charge in [0.1, 0.15) is 0 Å². The van der Waals surface area contributed by atoms with Gasteiger partial charge in [0.15, 0.2) is 5.75 Å². The summed E-state index contributed by atoms with van der Waals surface area (Å²) in [6.45, 7) is 7.49. The van der Waals surface area contributed by atoms with E-state index >= 15 is 0 Å². The minimum absolute atomic E-state index is 0.0520. The average Bonchev–Trinajstić information content (AvgIpc) is 2.35. The largest absolute Gasteiger partial charge is 0.465 e. The van der Waals surface area contributed by atoms with Gasteiger partial charge in [-0.25, -0.2) is 4.79 Å². The van der Waals surface area contributed by atoms with Crippen molar-refractivity contribution in [1.29, 1.82) is 0 Å². The van der Waals surface area contributed by atoms with Crippen LogP contribution in [-0.4, -0.2) is 21.5 Å². The normalized spacial score (nSPS) is 11.8. The Bertz CT molecular complexity index is 606. The standard InChI is InChI=1S/C14H21NO5S/c1-8(2)11-6-10(14(16)19-5)7-12(9(3)4)13(11)20-21(15,17)18/h6-9H,1-5H3,(H2,15,17,18). The number of methoxy groups -OCH3 is 1. The van der Waals surface area contributed by atoms with Crippen molar-refractivity contribution in [1.82, 2.24) is 0 Å². The SMILES string of the molecule is COC(=O)c1cc(C(C)C)c(OS(N)(=O)=O)c(C(C)C)c1. The summed E-state index contributed by atoms with van der Waals surface area (Å²) in [6, 6.07) is 3.14. The molecule has 0 unspecified atom stereocenters. The molecule has 0 fully saturated rings. The van der Waals surface area contributed by atoms with Crippen molar-refractivity contribution in [2.45, 2.75) is 39.5 Å². The topological polar surface area (TPSA) is 95.7 Å². The quantitative estimate of drug-likeness (QED) is 0.841. The first kappa shape index (κ1) is 17.5. The zero-order valence-electron chi connectivity index (χ0n) is 12.8. The Morgan fingerprint density at radius 1 is 1.10 bits per heavy atom. The zero-order chi connectivity index (χ0) is 16.4. The smallest absolute Gasteiger partial charge is 0.380 e. The maximum atomic E-state index is 11.8. The number of carbonyl (C=O) groups is 1. The van der Waals surface area contributed by atoms with E-state index in [2.05, 4.69) is 0 Å². The molecule has 0 heterocycles. The first-order chi connectivity index (χ1) is 9.56. The summed E-state index contributed by atoms with van der Waals surface area (Å²) in [7, 11) is -2.85. The van der Waals surface area contributed by atoms with Crippen molar-refractivity contribution < 1.29 is 22.1 Å². The lowest BCUT2D eigenvalue weighted by atomic mass is 9.91. The third-order valence-corrected chi connectivity index (χ3v) is 3.41. The second-order valence-corrected chi connectivity index (χ2v) is 6.51. The van der Waals surface area contributed by atoms with Crippen molar-refractivity contribution in [3.05, 3.63) is 28.8 Å². The van der Waals surface area contributed by atoms with Crippen LogP contribution in [0.5, 0.6) is 5.75 Å². The van der Waals surface area contributed by atoms with E-state index < -0.39 is 16.3 Å². The molecule has 0 atom stereocenters. The monoisotopic (exact) mass is 315 g/mol. The number of hydrogen-bond acceptors (Lipinski definition) is 5. The highest BCUT2D eigenvalue weighted by Gasteiger charge is 2.22. The Kier molecular flexibility index (Phi) is 5.36. The van der Waals surface area contributed by atoms with Gasteiger partial charge in [-0.2, -0.15) is 13.6 Å². The fourth-order valence-electron chi connectivity index (χ4n) is 1.98. The molecule has 1 aromatic rings. The molecular weight excluding hydrogens is 294 g/mol. The summed E-state index contributed by atoms with van der Waals surface area (Å²) in [6.07, 6.45) is 0. The van der Waals surface area contributed by atoms with Gasteiger partial charge in [0, 0.05) is 0 Å². The fourth-order valence-corrected chi connectivity index (χ4v) is 2.41. The highest BCUT2D eigenvalue weighted by molar-refractivity contribution is 7.84. The number of hydrogen-bond donors (Lipinski definition) is 1. The van der Waals surface area contributed by atoms with Gasteiger partial charge < -0.3 is 8.92 Å². The molecule has 1 rings (SSSR count). The van der Waals surface area contributed by atoms with Gasteiger partial charge in [0.25, 0.3) is 0 Å². The van der Waals surface area contributed by atoms with Crippen LogP contribution in [0.1, 0.15) is 61.0 Å². The van der Waals surface area contributed by atoms with E-state index in [-0.39, 0.29) is 17.6 Å². The molecule has 118 valence electrons. The van der Waals surface area contributed by atoms with E-state index in [4.69, 9.17) is 14.1 Å². The van der Waals surface area contributed by atoms with Gasteiger partial charge in [-0.1, -0.05) is 27.7 Å². The molecule has 0 aliphatic heterocycles. The molecule has 0 radical (unpaired) electrons. The predicted molar refractivity (Wildman–Crippen MR) is 79.7 cm³/mol. The van der Waals surface area contributed by atoms with Crippen LogP contribution >= 0.6 is 0 Å². The number of esters is 1. The molecule has 0 saturated heterocycles. The molecule has 21 heavy (non-hydrogen) atoms. The van der Waals surface area contributed by atoms with Crippen LogP contribution in [0.2, 0.25) is 0 Å².